The highest BCUT2D eigenvalue weighted by Crippen LogP contribution is 2.25. The number of terminal acetylenes is 1. The van der Waals surface area contributed by atoms with Crippen molar-refractivity contribution in [2.24, 2.45) is 0 Å². The number of hydrogen-bond acceptors (Lipinski definition) is 0. The van der Waals surface area contributed by atoms with Crippen LogP contribution in [-0.4, -0.2) is 0 Å². The zero-order chi connectivity index (χ0) is 10.2. The van der Waals surface area contributed by atoms with Crippen molar-refractivity contribution in [3.8, 4) is 12.8 Å². The van der Waals surface area contributed by atoms with Crippen LogP contribution in [0.1, 0.15) is 31.2 Å². The number of allylic oxidation sites excluding steroid dienone is 1. The van der Waals surface area contributed by atoms with E-state index >= 15 is 0 Å². The summed E-state index contributed by atoms with van der Waals surface area (Å²) >= 11 is 0. The Morgan fingerprint density at radius 2 is 1.50 bits per heavy atom. The molecule has 0 unspecified atom stereocenters. The van der Waals surface area contributed by atoms with Gasteiger partial charge in [0.05, 0.1) is 0 Å². The van der Waals surface area contributed by atoms with Crippen molar-refractivity contribution in [2.45, 2.75) is 25.7 Å². The van der Waals surface area contributed by atoms with E-state index in [1.54, 1.807) is 5.57 Å². The molecule has 1 saturated carbocycles. The fraction of sp³-hybridized carbons (Fsp3) is 0.286. The molecule has 0 nitrogen and oxygen atoms in total. The second-order valence-corrected chi connectivity index (χ2v) is 3.42. The minimum atomic E-state index is 1.31. The average molecular weight is 184 g/mol. The van der Waals surface area contributed by atoms with Gasteiger partial charge in [-0.1, -0.05) is 42.0 Å². The van der Waals surface area contributed by atoms with Crippen LogP contribution >= 0.6 is 0 Å². The molecule has 0 amide bonds. The van der Waals surface area contributed by atoms with Gasteiger partial charge in [0, 0.05) is 0 Å². The Morgan fingerprint density at radius 1 is 0.929 bits per heavy atom. The summed E-state index contributed by atoms with van der Waals surface area (Å²) in [7, 11) is 0. The predicted molar refractivity (Wildman–Crippen MR) is 62.8 cm³/mol. The van der Waals surface area contributed by atoms with Gasteiger partial charge in [-0.05, 0) is 31.2 Å². The molecule has 0 bridgehead atoms. The van der Waals surface area contributed by atoms with E-state index in [1.807, 2.05) is 0 Å². The maximum atomic E-state index is 4.00. The largest absolute Gasteiger partial charge is 0.124 e. The quantitative estimate of drug-likeness (QED) is 0.581. The summed E-state index contributed by atoms with van der Waals surface area (Å²) in [5.41, 5.74) is 2.98. The van der Waals surface area contributed by atoms with Crippen molar-refractivity contribution in [2.75, 3.05) is 0 Å². The lowest BCUT2D eigenvalue weighted by Crippen LogP contribution is -1.73. The lowest BCUT2D eigenvalue weighted by atomic mass is 10.1. The SMILES string of the molecule is C#C.C(=C1CCCC1)c1ccccc1. The summed E-state index contributed by atoms with van der Waals surface area (Å²) in [5.74, 6) is 0. The monoisotopic (exact) mass is 184 g/mol. The lowest BCUT2D eigenvalue weighted by molar-refractivity contribution is 0.886. The Kier molecular flexibility index (Phi) is 4.58. The molecule has 14 heavy (non-hydrogen) atoms. The fourth-order valence-corrected chi connectivity index (χ4v) is 1.76. The molecule has 0 spiro atoms. The van der Waals surface area contributed by atoms with E-state index in [-0.39, 0.29) is 0 Å². The van der Waals surface area contributed by atoms with Gasteiger partial charge in [0.2, 0.25) is 0 Å². The summed E-state index contributed by atoms with van der Waals surface area (Å²) in [6.07, 6.45) is 15.7. The van der Waals surface area contributed by atoms with Gasteiger partial charge in [-0.3, -0.25) is 0 Å². The standard InChI is InChI=1S/C12H14.C2H2/c1-2-6-11(7-3-1)10-12-8-4-5-9-12;1-2/h1-3,6-7,10H,4-5,8-9H2;1-2H. The summed E-state index contributed by atoms with van der Waals surface area (Å²) in [5, 5.41) is 0. The minimum absolute atomic E-state index is 1.31. The first kappa shape index (κ1) is 10.6. The molecule has 1 aromatic carbocycles. The molecule has 0 aliphatic heterocycles. The maximum Gasteiger partial charge on any atom is -0.0257 e. The van der Waals surface area contributed by atoms with Gasteiger partial charge in [-0.15, -0.1) is 12.8 Å². The van der Waals surface area contributed by atoms with Crippen LogP contribution in [0, 0.1) is 12.8 Å². The van der Waals surface area contributed by atoms with Crippen molar-refractivity contribution in [1.29, 1.82) is 0 Å². The molecule has 0 heteroatoms. The maximum absolute atomic E-state index is 4.00. The molecule has 1 fully saturated rings. The van der Waals surface area contributed by atoms with E-state index in [1.165, 1.54) is 31.2 Å². The minimum Gasteiger partial charge on any atom is -0.124 e. The lowest BCUT2D eigenvalue weighted by Gasteiger charge is -1.95. The van der Waals surface area contributed by atoms with Gasteiger partial charge >= 0.3 is 0 Å². The Morgan fingerprint density at radius 3 is 2.07 bits per heavy atom. The summed E-state index contributed by atoms with van der Waals surface area (Å²) in [6, 6.07) is 10.6. The second-order valence-electron chi connectivity index (χ2n) is 3.42. The van der Waals surface area contributed by atoms with Crippen LogP contribution in [0.15, 0.2) is 35.9 Å². The first-order valence-corrected chi connectivity index (χ1v) is 5.03. The number of hydrogen-bond donors (Lipinski definition) is 0. The fourth-order valence-electron chi connectivity index (χ4n) is 1.76. The molecule has 2 rings (SSSR count). The Balaban J connectivity index is 0.000000461. The third kappa shape index (κ3) is 3.11. The second kappa shape index (κ2) is 6.05. The molecule has 1 aromatic rings. The Bertz CT molecular complexity index is 295. The zero-order valence-corrected chi connectivity index (χ0v) is 8.45. The average Bonchev–Trinajstić information content (AvgIpc) is 2.75. The summed E-state index contributed by atoms with van der Waals surface area (Å²) in [4.78, 5) is 0. The van der Waals surface area contributed by atoms with Crippen LogP contribution in [-0.2, 0) is 0 Å². The van der Waals surface area contributed by atoms with Crippen molar-refractivity contribution < 1.29 is 0 Å². The van der Waals surface area contributed by atoms with Crippen LogP contribution in [0.4, 0.5) is 0 Å². The van der Waals surface area contributed by atoms with Crippen molar-refractivity contribution >= 4 is 6.08 Å². The molecule has 0 N–H and O–H groups in total. The van der Waals surface area contributed by atoms with Crippen LogP contribution in [0.25, 0.3) is 6.08 Å². The number of benzene rings is 1. The van der Waals surface area contributed by atoms with Gasteiger partial charge in [-0.25, -0.2) is 0 Å². The number of rotatable bonds is 1. The Hall–Kier alpha value is -1.48. The molecule has 0 atom stereocenters. The topological polar surface area (TPSA) is 0 Å². The molecular weight excluding hydrogens is 168 g/mol. The molecule has 0 radical (unpaired) electrons. The van der Waals surface area contributed by atoms with E-state index in [0.717, 1.165) is 0 Å². The molecule has 1 aliphatic rings. The van der Waals surface area contributed by atoms with Crippen LogP contribution in [0.3, 0.4) is 0 Å². The first-order valence-electron chi connectivity index (χ1n) is 5.03. The summed E-state index contributed by atoms with van der Waals surface area (Å²) in [6.45, 7) is 0. The Labute approximate surface area is 86.7 Å². The van der Waals surface area contributed by atoms with Gasteiger partial charge in [-0.2, -0.15) is 0 Å². The molecule has 0 heterocycles. The molecule has 72 valence electrons. The van der Waals surface area contributed by atoms with Crippen LogP contribution < -0.4 is 0 Å². The van der Waals surface area contributed by atoms with E-state index in [4.69, 9.17) is 0 Å². The molecule has 0 aromatic heterocycles. The van der Waals surface area contributed by atoms with Gasteiger partial charge < -0.3 is 0 Å². The van der Waals surface area contributed by atoms with E-state index in [2.05, 4.69) is 49.3 Å². The van der Waals surface area contributed by atoms with E-state index in [0.29, 0.717) is 0 Å². The zero-order valence-electron chi connectivity index (χ0n) is 8.45. The summed E-state index contributed by atoms with van der Waals surface area (Å²) < 4.78 is 0. The van der Waals surface area contributed by atoms with Gasteiger partial charge in [0.25, 0.3) is 0 Å². The predicted octanol–water partition coefficient (Wildman–Crippen LogP) is 3.89. The highest BCUT2D eigenvalue weighted by atomic mass is 14.1. The highest BCUT2D eigenvalue weighted by molar-refractivity contribution is 5.52. The van der Waals surface area contributed by atoms with Crippen LogP contribution in [0.2, 0.25) is 0 Å². The smallest absolute Gasteiger partial charge is 0.0257 e. The van der Waals surface area contributed by atoms with Gasteiger partial charge in [0.15, 0.2) is 0 Å². The van der Waals surface area contributed by atoms with Crippen molar-refractivity contribution in [3.05, 3.63) is 41.5 Å². The molecular formula is C14H16. The third-order valence-corrected chi connectivity index (χ3v) is 2.42. The van der Waals surface area contributed by atoms with E-state index in [9.17, 15) is 0 Å². The van der Waals surface area contributed by atoms with Crippen molar-refractivity contribution in [3.63, 3.8) is 0 Å². The first-order chi connectivity index (χ1) is 6.95. The van der Waals surface area contributed by atoms with Gasteiger partial charge in [0.1, 0.15) is 0 Å². The highest BCUT2D eigenvalue weighted by Gasteiger charge is 2.05. The molecule has 1 aliphatic carbocycles. The van der Waals surface area contributed by atoms with E-state index < -0.39 is 0 Å². The van der Waals surface area contributed by atoms with Crippen molar-refractivity contribution in [1.82, 2.24) is 0 Å². The normalized spacial score (nSPS) is 14.3. The van der Waals surface area contributed by atoms with Crippen LogP contribution in [0.5, 0.6) is 0 Å². The third-order valence-electron chi connectivity index (χ3n) is 2.42. The molecule has 0 saturated heterocycles.